The van der Waals surface area contributed by atoms with Gasteiger partial charge in [0.15, 0.2) is 0 Å². The smallest absolute Gasteiger partial charge is 0.0705 e. The zero-order valence-corrected chi connectivity index (χ0v) is 11.2. The van der Waals surface area contributed by atoms with E-state index in [2.05, 4.69) is 34.7 Å². The van der Waals surface area contributed by atoms with Gasteiger partial charge < -0.3 is 0 Å². The predicted molar refractivity (Wildman–Crippen MR) is 78.4 cm³/mol. The van der Waals surface area contributed by atoms with Gasteiger partial charge in [0.05, 0.1) is 5.52 Å². The van der Waals surface area contributed by atoms with Crippen molar-refractivity contribution in [1.29, 1.82) is 0 Å². The molecule has 1 aromatic heterocycles. The van der Waals surface area contributed by atoms with E-state index >= 15 is 0 Å². The van der Waals surface area contributed by atoms with Crippen molar-refractivity contribution in [1.82, 2.24) is 10.4 Å². The molecule has 0 aliphatic heterocycles. The molecule has 2 aromatic rings. The lowest BCUT2D eigenvalue weighted by atomic mass is 9.93. The number of hydrogen-bond acceptors (Lipinski definition) is 3. The summed E-state index contributed by atoms with van der Waals surface area (Å²) in [5, 5.41) is 1.18. The van der Waals surface area contributed by atoms with Gasteiger partial charge in [-0.25, -0.2) is 0 Å². The van der Waals surface area contributed by atoms with Crippen LogP contribution in [0.2, 0.25) is 0 Å². The van der Waals surface area contributed by atoms with Crippen LogP contribution in [-0.4, -0.2) is 4.98 Å². The molecule has 1 aliphatic rings. The highest BCUT2D eigenvalue weighted by atomic mass is 15.2. The fraction of sp³-hybridized carbons (Fsp3) is 0.438. The first kappa shape index (κ1) is 12.6. The highest BCUT2D eigenvalue weighted by Crippen LogP contribution is 2.33. The quantitative estimate of drug-likeness (QED) is 0.651. The van der Waals surface area contributed by atoms with Gasteiger partial charge in [-0.15, -0.1) is 0 Å². The van der Waals surface area contributed by atoms with Crippen molar-refractivity contribution in [2.75, 3.05) is 0 Å². The number of pyridine rings is 1. The topological polar surface area (TPSA) is 50.9 Å². The first-order valence-electron chi connectivity index (χ1n) is 7.17. The van der Waals surface area contributed by atoms with Gasteiger partial charge in [-0.05, 0) is 30.0 Å². The Morgan fingerprint density at radius 2 is 2.11 bits per heavy atom. The second-order valence-corrected chi connectivity index (χ2v) is 5.56. The maximum atomic E-state index is 5.76. The molecule has 100 valence electrons. The lowest BCUT2D eigenvalue weighted by Gasteiger charge is -2.20. The van der Waals surface area contributed by atoms with Gasteiger partial charge in [0, 0.05) is 17.6 Å². The standard InChI is InChI=1S/C16H21N3/c17-19-16(10-12-4-1-2-5-12)14-8-7-13-6-3-9-18-15(13)11-14/h3,6-9,11-12,16,19H,1-2,4-5,10,17H2. The number of hydrogen-bond donors (Lipinski definition) is 2. The molecule has 0 saturated heterocycles. The number of nitrogens with two attached hydrogens (primary N) is 1. The van der Waals surface area contributed by atoms with E-state index in [9.17, 15) is 0 Å². The Morgan fingerprint density at radius 3 is 2.89 bits per heavy atom. The molecule has 1 saturated carbocycles. The van der Waals surface area contributed by atoms with Crippen LogP contribution in [-0.2, 0) is 0 Å². The monoisotopic (exact) mass is 255 g/mol. The Morgan fingerprint density at radius 1 is 1.26 bits per heavy atom. The second-order valence-electron chi connectivity index (χ2n) is 5.56. The van der Waals surface area contributed by atoms with Gasteiger partial charge in [-0.1, -0.05) is 43.9 Å². The van der Waals surface area contributed by atoms with Crippen LogP contribution < -0.4 is 11.3 Å². The number of fused-ring (bicyclic) bond motifs is 1. The molecule has 3 N–H and O–H groups in total. The zero-order chi connectivity index (χ0) is 13.1. The first-order valence-corrected chi connectivity index (χ1v) is 7.17. The van der Waals surface area contributed by atoms with Crippen LogP contribution >= 0.6 is 0 Å². The van der Waals surface area contributed by atoms with Crippen molar-refractivity contribution >= 4 is 10.9 Å². The molecular weight excluding hydrogens is 234 g/mol. The van der Waals surface area contributed by atoms with Crippen LogP contribution in [0.4, 0.5) is 0 Å². The molecule has 1 aromatic carbocycles. The highest BCUT2D eigenvalue weighted by molar-refractivity contribution is 5.78. The summed E-state index contributed by atoms with van der Waals surface area (Å²) in [5.74, 6) is 6.58. The van der Waals surface area contributed by atoms with Gasteiger partial charge in [0.2, 0.25) is 0 Å². The van der Waals surface area contributed by atoms with Crippen LogP contribution in [0.15, 0.2) is 36.5 Å². The average molecular weight is 255 g/mol. The molecule has 1 heterocycles. The van der Waals surface area contributed by atoms with Gasteiger partial charge >= 0.3 is 0 Å². The maximum Gasteiger partial charge on any atom is 0.0705 e. The number of rotatable bonds is 4. The number of aromatic nitrogens is 1. The fourth-order valence-corrected chi connectivity index (χ4v) is 3.18. The average Bonchev–Trinajstić information content (AvgIpc) is 2.97. The van der Waals surface area contributed by atoms with E-state index in [1.54, 1.807) is 0 Å². The Labute approximate surface area is 114 Å². The van der Waals surface area contributed by atoms with E-state index in [0.717, 1.165) is 17.9 Å². The van der Waals surface area contributed by atoms with Crippen LogP contribution in [0.25, 0.3) is 10.9 Å². The van der Waals surface area contributed by atoms with E-state index < -0.39 is 0 Å². The molecule has 1 unspecified atom stereocenters. The Hall–Kier alpha value is -1.45. The van der Waals surface area contributed by atoms with Gasteiger partial charge in [-0.2, -0.15) is 0 Å². The molecule has 3 nitrogen and oxygen atoms in total. The van der Waals surface area contributed by atoms with Crippen molar-refractivity contribution in [3.8, 4) is 0 Å². The van der Waals surface area contributed by atoms with Crippen LogP contribution in [0.1, 0.15) is 43.7 Å². The van der Waals surface area contributed by atoms with Crippen LogP contribution in [0, 0.1) is 5.92 Å². The largest absolute Gasteiger partial charge is 0.271 e. The molecule has 19 heavy (non-hydrogen) atoms. The summed E-state index contributed by atoms with van der Waals surface area (Å²) >= 11 is 0. The molecule has 0 bridgehead atoms. The minimum atomic E-state index is 0.245. The van der Waals surface area contributed by atoms with Crippen molar-refractivity contribution < 1.29 is 0 Å². The third-order valence-electron chi connectivity index (χ3n) is 4.28. The number of nitrogens with zero attached hydrogens (tertiary/aromatic N) is 1. The van der Waals surface area contributed by atoms with E-state index in [-0.39, 0.29) is 6.04 Å². The maximum absolute atomic E-state index is 5.76. The number of benzene rings is 1. The molecule has 0 spiro atoms. The summed E-state index contributed by atoms with van der Waals surface area (Å²) in [4.78, 5) is 4.42. The summed E-state index contributed by atoms with van der Waals surface area (Å²) < 4.78 is 0. The van der Waals surface area contributed by atoms with E-state index in [1.165, 1.54) is 36.6 Å². The minimum absolute atomic E-state index is 0.245. The minimum Gasteiger partial charge on any atom is -0.271 e. The van der Waals surface area contributed by atoms with E-state index in [4.69, 9.17) is 5.84 Å². The zero-order valence-electron chi connectivity index (χ0n) is 11.2. The third-order valence-corrected chi connectivity index (χ3v) is 4.28. The predicted octanol–water partition coefficient (Wildman–Crippen LogP) is 3.32. The Balaban J connectivity index is 1.83. The summed E-state index contributed by atoms with van der Waals surface area (Å²) in [5.41, 5.74) is 5.28. The molecule has 3 rings (SSSR count). The summed E-state index contributed by atoms with van der Waals surface area (Å²) in [6, 6.07) is 10.8. The first-order chi connectivity index (χ1) is 9.36. The van der Waals surface area contributed by atoms with Crippen molar-refractivity contribution in [2.24, 2.45) is 11.8 Å². The van der Waals surface area contributed by atoms with Gasteiger partial charge in [0.25, 0.3) is 0 Å². The lowest BCUT2D eigenvalue weighted by molar-refractivity contribution is 0.400. The fourth-order valence-electron chi connectivity index (χ4n) is 3.18. The Bertz CT molecular complexity index is 546. The molecule has 1 atom stereocenters. The normalized spacial score (nSPS) is 17.9. The summed E-state index contributed by atoms with van der Waals surface area (Å²) in [6.07, 6.45) is 8.43. The molecular formula is C16H21N3. The van der Waals surface area contributed by atoms with E-state index in [1.807, 2.05) is 12.3 Å². The van der Waals surface area contributed by atoms with E-state index in [0.29, 0.717) is 0 Å². The van der Waals surface area contributed by atoms with Crippen molar-refractivity contribution in [3.63, 3.8) is 0 Å². The molecule has 0 amide bonds. The second kappa shape index (κ2) is 5.68. The number of nitrogens with one attached hydrogen (secondary N) is 1. The SMILES string of the molecule is NNC(CC1CCCC1)c1ccc2cccnc2c1. The van der Waals surface area contributed by atoms with Crippen LogP contribution in [0.3, 0.4) is 0 Å². The molecule has 1 fully saturated rings. The molecule has 3 heteroatoms. The summed E-state index contributed by atoms with van der Waals surface area (Å²) in [7, 11) is 0. The Kier molecular flexibility index (Phi) is 3.76. The van der Waals surface area contributed by atoms with Crippen LogP contribution in [0.5, 0.6) is 0 Å². The third kappa shape index (κ3) is 2.77. The number of hydrazine groups is 1. The van der Waals surface area contributed by atoms with Gasteiger partial charge in [0.1, 0.15) is 0 Å². The van der Waals surface area contributed by atoms with Crippen molar-refractivity contribution in [2.45, 2.75) is 38.1 Å². The molecule has 1 aliphatic carbocycles. The van der Waals surface area contributed by atoms with Crippen molar-refractivity contribution in [3.05, 3.63) is 42.1 Å². The lowest BCUT2D eigenvalue weighted by Crippen LogP contribution is -2.29. The van der Waals surface area contributed by atoms with Gasteiger partial charge in [-0.3, -0.25) is 16.3 Å². The highest BCUT2D eigenvalue weighted by Gasteiger charge is 2.20. The molecule has 0 radical (unpaired) electrons. The summed E-state index contributed by atoms with van der Waals surface area (Å²) in [6.45, 7) is 0.